The Morgan fingerprint density at radius 1 is 1.59 bits per heavy atom. The largest absolute Gasteiger partial charge is 0.375 e. The molecule has 0 radical (unpaired) electrons. The maximum atomic E-state index is 12.9. The molecule has 17 heavy (non-hydrogen) atoms. The zero-order chi connectivity index (χ0) is 12.4. The molecule has 1 fully saturated rings. The van der Waals surface area contributed by atoms with Crippen LogP contribution in [0.3, 0.4) is 0 Å². The number of morpholine rings is 1. The van der Waals surface area contributed by atoms with Crippen molar-refractivity contribution in [3.63, 3.8) is 0 Å². The highest BCUT2D eigenvalue weighted by molar-refractivity contribution is 9.10. The number of halogens is 2. The van der Waals surface area contributed by atoms with Crippen LogP contribution >= 0.6 is 15.9 Å². The first-order chi connectivity index (χ1) is 8.08. The Morgan fingerprint density at radius 2 is 2.35 bits per heavy atom. The van der Waals surface area contributed by atoms with Gasteiger partial charge < -0.3 is 9.64 Å². The summed E-state index contributed by atoms with van der Waals surface area (Å²) in [7, 11) is 0. The second kappa shape index (κ2) is 5.14. The minimum absolute atomic E-state index is 0.0481. The van der Waals surface area contributed by atoms with E-state index in [1.807, 2.05) is 6.92 Å². The molecule has 0 unspecified atom stereocenters. The minimum Gasteiger partial charge on any atom is -0.375 e. The van der Waals surface area contributed by atoms with Gasteiger partial charge in [0.2, 0.25) is 0 Å². The Bertz CT molecular complexity index is 439. The lowest BCUT2D eigenvalue weighted by atomic mass is 10.1. The lowest BCUT2D eigenvalue weighted by Crippen LogP contribution is -2.44. The topological polar surface area (TPSA) is 29.5 Å². The first kappa shape index (κ1) is 12.5. The Hall–Kier alpha value is -0.940. The van der Waals surface area contributed by atoms with Crippen LogP contribution in [0.4, 0.5) is 4.39 Å². The third-order valence-electron chi connectivity index (χ3n) is 2.69. The van der Waals surface area contributed by atoms with Gasteiger partial charge in [0.05, 0.1) is 18.3 Å². The quantitative estimate of drug-likeness (QED) is 0.797. The second-order valence-electron chi connectivity index (χ2n) is 4.06. The van der Waals surface area contributed by atoms with Gasteiger partial charge in [0, 0.05) is 17.6 Å². The van der Waals surface area contributed by atoms with E-state index in [1.54, 1.807) is 4.90 Å². The predicted octanol–water partition coefficient (Wildman–Crippen LogP) is 2.45. The van der Waals surface area contributed by atoms with Gasteiger partial charge in [-0.1, -0.05) is 0 Å². The molecule has 2 rings (SSSR count). The zero-order valence-electron chi connectivity index (χ0n) is 9.45. The maximum absolute atomic E-state index is 12.9. The van der Waals surface area contributed by atoms with Crippen LogP contribution in [0.2, 0.25) is 0 Å². The Labute approximate surface area is 108 Å². The number of carbonyl (C=O) groups excluding carboxylic acids is 1. The van der Waals surface area contributed by atoms with Crippen molar-refractivity contribution in [3.05, 3.63) is 34.1 Å². The SMILES string of the molecule is C[C@@H]1CN(C(=O)c2ccc(F)cc2Br)CCO1. The standard InChI is InChI=1S/C12H13BrFNO2/c1-8-7-15(4-5-17-8)12(16)10-3-2-9(14)6-11(10)13/h2-3,6,8H,4-5,7H2,1H3/t8-/m1/s1. The molecule has 0 aromatic heterocycles. The molecular formula is C12H13BrFNO2. The molecule has 0 spiro atoms. The number of ether oxygens (including phenoxy) is 1. The summed E-state index contributed by atoms with van der Waals surface area (Å²) in [5.74, 6) is -0.448. The monoisotopic (exact) mass is 301 g/mol. The number of benzene rings is 1. The van der Waals surface area contributed by atoms with Crippen molar-refractivity contribution in [1.29, 1.82) is 0 Å². The molecule has 1 heterocycles. The first-order valence-corrected chi connectivity index (χ1v) is 6.23. The summed E-state index contributed by atoms with van der Waals surface area (Å²) >= 11 is 3.21. The van der Waals surface area contributed by atoms with Gasteiger partial charge in [0.1, 0.15) is 5.82 Å². The van der Waals surface area contributed by atoms with Crippen molar-refractivity contribution in [2.75, 3.05) is 19.7 Å². The summed E-state index contributed by atoms with van der Waals surface area (Å²) in [6.45, 7) is 3.63. The van der Waals surface area contributed by atoms with Gasteiger partial charge in [-0.15, -0.1) is 0 Å². The van der Waals surface area contributed by atoms with E-state index in [0.29, 0.717) is 29.7 Å². The van der Waals surface area contributed by atoms with Crippen LogP contribution in [0, 0.1) is 5.82 Å². The Balaban J connectivity index is 2.18. The normalized spacial score (nSPS) is 20.4. The van der Waals surface area contributed by atoms with E-state index in [2.05, 4.69) is 15.9 Å². The fraction of sp³-hybridized carbons (Fsp3) is 0.417. The molecule has 1 aliphatic heterocycles. The van der Waals surface area contributed by atoms with Crippen molar-refractivity contribution in [2.45, 2.75) is 13.0 Å². The van der Waals surface area contributed by atoms with Crippen molar-refractivity contribution < 1.29 is 13.9 Å². The highest BCUT2D eigenvalue weighted by atomic mass is 79.9. The fourth-order valence-corrected chi connectivity index (χ4v) is 2.36. The van der Waals surface area contributed by atoms with E-state index in [0.717, 1.165) is 0 Å². The summed E-state index contributed by atoms with van der Waals surface area (Å²) in [4.78, 5) is 13.9. The Morgan fingerprint density at radius 3 is 3.00 bits per heavy atom. The molecule has 1 saturated heterocycles. The molecule has 5 heteroatoms. The number of hydrogen-bond acceptors (Lipinski definition) is 2. The third-order valence-corrected chi connectivity index (χ3v) is 3.35. The first-order valence-electron chi connectivity index (χ1n) is 5.44. The van der Waals surface area contributed by atoms with Crippen LogP contribution in [0.15, 0.2) is 22.7 Å². The zero-order valence-corrected chi connectivity index (χ0v) is 11.0. The van der Waals surface area contributed by atoms with E-state index < -0.39 is 0 Å². The third kappa shape index (κ3) is 2.84. The summed E-state index contributed by atoms with van der Waals surface area (Å²) in [5.41, 5.74) is 0.487. The summed E-state index contributed by atoms with van der Waals surface area (Å²) < 4.78 is 18.8. The van der Waals surface area contributed by atoms with Gasteiger partial charge in [-0.2, -0.15) is 0 Å². The van der Waals surface area contributed by atoms with Gasteiger partial charge in [0.25, 0.3) is 5.91 Å². The lowest BCUT2D eigenvalue weighted by molar-refractivity contribution is -0.0124. The molecule has 1 aromatic rings. The predicted molar refractivity (Wildman–Crippen MR) is 65.4 cm³/mol. The number of amides is 1. The highest BCUT2D eigenvalue weighted by Crippen LogP contribution is 2.20. The number of carbonyl (C=O) groups is 1. The summed E-state index contributed by atoms with van der Waals surface area (Å²) in [5, 5.41) is 0. The van der Waals surface area contributed by atoms with Gasteiger partial charge >= 0.3 is 0 Å². The molecule has 0 bridgehead atoms. The average Bonchev–Trinajstić information content (AvgIpc) is 2.28. The molecule has 92 valence electrons. The van der Waals surface area contributed by atoms with Crippen LogP contribution in [0.25, 0.3) is 0 Å². The molecule has 0 N–H and O–H groups in total. The smallest absolute Gasteiger partial charge is 0.255 e. The molecule has 3 nitrogen and oxygen atoms in total. The fourth-order valence-electron chi connectivity index (χ4n) is 1.84. The van der Waals surface area contributed by atoms with Crippen LogP contribution < -0.4 is 0 Å². The molecule has 1 amide bonds. The van der Waals surface area contributed by atoms with E-state index in [4.69, 9.17) is 4.74 Å². The summed E-state index contributed by atoms with van der Waals surface area (Å²) in [6.07, 6.45) is 0.0481. The summed E-state index contributed by atoms with van der Waals surface area (Å²) in [6, 6.07) is 4.10. The van der Waals surface area contributed by atoms with E-state index in [1.165, 1.54) is 18.2 Å². The highest BCUT2D eigenvalue weighted by Gasteiger charge is 2.23. The molecule has 1 atom stereocenters. The number of hydrogen-bond donors (Lipinski definition) is 0. The molecule has 1 aromatic carbocycles. The van der Waals surface area contributed by atoms with Crippen molar-refractivity contribution in [3.8, 4) is 0 Å². The van der Waals surface area contributed by atoms with Crippen LogP contribution in [-0.2, 0) is 4.74 Å². The van der Waals surface area contributed by atoms with Crippen molar-refractivity contribution in [1.82, 2.24) is 4.90 Å². The van der Waals surface area contributed by atoms with Gasteiger partial charge in [-0.25, -0.2) is 4.39 Å². The number of rotatable bonds is 1. The maximum Gasteiger partial charge on any atom is 0.255 e. The lowest BCUT2D eigenvalue weighted by Gasteiger charge is -2.31. The van der Waals surface area contributed by atoms with Crippen LogP contribution in [0.5, 0.6) is 0 Å². The minimum atomic E-state index is -0.358. The van der Waals surface area contributed by atoms with Crippen LogP contribution in [-0.4, -0.2) is 36.6 Å². The molecular weight excluding hydrogens is 289 g/mol. The van der Waals surface area contributed by atoms with Crippen molar-refractivity contribution in [2.24, 2.45) is 0 Å². The van der Waals surface area contributed by atoms with E-state index in [-0.39, 0.29) is 17.8 Å². The van der Waals surface area contributed by atoms with Crippen molar-refractivity contribution >= 4 is 21.8 Å². The van der Waals surface area contributed by atoms with Gasteiger partial charge in [0.15, 0.2) is 0 Å². The van der Waals surface area contributed by atoms with Gasteiger partial charge in [-0.05, 0) is 41.1 Å². The average molecular weight is 302 g/mol. The van der Waals surface area contributed by atoms with E-state index >= 15 is 0 Å². The molecule has 0 aliphatic carbocycles. The van der Waals surface area contributed by atoms with Gasteiger partial charge in [-0.3, -0.25) is 4.79 Å². The van der Waals surface area contributed by atoms with Crippen LogP contribution in [0.1, 0.15) is 17.3 Å². The van der Waals surface area contributed by atoms with E-state index in [9.17, 15) is 9.18 Å². The molecule has 0 saturated carbocycles. The Kier molecular flexibility index (Phi) is 3.79. The second-order valence-corrected chi connectivity index (χ2v) is 4.91. The molecule has 1 aliphatic rings. The number of nitrogens with zero attached hydrogens (tertiary/aromatic N) is 1.